The second-order valence-corrected chi connectivity index (χ2v) is 4.93. The summed E-state index contributed by atoms with van der Waals surface area (Å²) in [5.41, 5.74) is 2.26. The molecule has 0 saturated heterocycles. The molecule has 0 aliphatic rings. The zero-order chi connectivity index (χ0) is 13.5. The van der Waals surface area contributed by atoms with E-state index in [1.807, 2.05) is 38.1 Å². The van der Waals surface area contributed by atoms with Crippen molar-refractivity contribution < 1.29 is 14.6 Å². The maximum absolute atomic E-state index is 11.1. The molecule has 0 amide bonds. The van der Waals surface area contributed by atoms with E-state index in [1.165, 1.54) is 5.56 Å². The second-order valence-electron chi connectivity index (χ2n) is 4.93. The first-order valence-corrected chi connectivity index (χ1v) is 6.45. The van der Waals surface area contributed by atoms with Crippen LogP contribution in [0, 0.1) is 5.92 Å². The van der Waals surface area contributed by atoms with E-state index >= 15 is 0 Å². The summed E-state index contributed by atoms with van der Waals surface area (Å²) in [6, 6.07) is 8.04. The van der Waals surface area contributed by atoms with Crippen LogP contribution < -0.4 is 0 Å². The Kier molecular flexibility index (Phi) is 5.86. The molecule has 0 unspecified atom stereocenters. The molecule has 1 rings (SSSR count). The van der Waals surface area contributed by atoms with Gasteiger partial charge in [-0.25, -0.2) is 4.79 Å². The van der Waals surface area contributed by atoms with Crippen LogP contribution in [0.1, 0.15) is 31.9 Å². The van der Waals surface area contributed by atoms with E-state index < -0.39 is 12.1 Å². The van der Waals surface area contributed by atoms with Gasteiger partial charge in [0.2, 0.25) is 0 Å². The van der Waals surface area contributed by atoms with Gasteiger partial charge in [-0.05, 0) is 23.5 Å². The number of aliphatic carboxylic acids is 1. The largest absolute Gasteiger partial charge is 0.479 e. The number of carbonyl (C=O) groups is 1. The average Bonchev–Trinajstić information content (AvgIpc) is 2.34. The molecule has 0 heterocycles. The maximum atomic E-state index is 11.1. The van der Waals surface area contributed by atoms with Crippen molar-refractivity contribution in [3.8, 4) is 0 Å². The van der Waals surface area contributed by atoms with Crippen molar-refractivity contribution >= 4 is 5.97 Å². The first-order chi connectivity index (χ1) is 8.52. The number of hydrogen-bond donors (Lipinski definition) is 1. The zero-order valence-electron chi connectivity index (χ0n) is 11.3. The highest BCUT2D eigenvalue weighted by Crippen LogP contribution is 2.10. The minimum absolute atomic E-state index is 0.342. The lowest BCUT2D eigenvalue weighted by molar-refractivity contribution is -0.150. The Bertz CT molecular complexity index is 368. The van der Waals surface area contributed by atoms with Crippen LogP contribution in [0.2, 0.25) is 0 Å². The summed E-state index contributed by atoms with van der Waals surface area (Å²) in [4.78, 5) is 11.1. The van der Waals surface area contributed by atoms with Crippen molar-refractivity contribution in [1.29, 1.82) is 0 Å². The molecular weight excluding hydrogens is 228 g/mol. The topological polar surface area (TPSA) is 46.5 Å². The Morgan fingerprint density at radius 3 is 2.22 bits per heavy atom. The summed E-state index contributed by atoms with van der Waals surface area (Å²) in [5, 5.41) is 9.12. The quantitative estimate of drug-likeness (QED) is 0.809. The van der Waals surface area contributed by atoms with Crippen molar-refractivity contribution in [2.45, 2.75) is 39.7 Å². The summed E-state index contributed by atoms with van der Waals surface area (Å²) < 4.78 is 5.43. The maximum Gasteiger partial charge on any atom is 0.333 e. The first-order valence-electron chi connectivity index (χ1n) is 6.45. The van der Waals surface area contributed by atoms with Gasteiger partial charge in [-0.2, -0.15) is 0 Å². The summed E-state index contributed by atoms with van der Waals surface area (Å²) in [6.07, 6.45) is 0.665. The van der Waals surface area contributed by atoms with Gasteiger partial charge in [-0.3, -0.25) is 0 Å². The number of ether oxygens (including phenoxy) is 1. The Labute approximate surface area is 109 Å². The Morgan fingerprint density at radius 2 is 1.78 bits per heavy atom. The molecule has 1 aromatic carbocycles. The van der Waals surface area contributed by atoms with Crippen LogP contribution in [0.5, 0.6) is 0 Å². The summed E-state index contributed by atoms with van der Waals surface area (Å²) in [5.74, 6) is -0.551. The van der Waals surface area contributed by atoms with E-state index in [9.17, 15) is 4.79 Å². The third-order valence-electron chi connectivity index (χ3n) is 2.76. The van der Waals surface area contributed by atoms with Crippen LogP contribution in [-0.2, 0) is 22.4 Å². The van der Waals surface area contributed by atoms with E-state index in [0.717, 1.165) is 12.0 Å². The molecule has 18 heavy (non-hydrogen) atoms. The number of rotatable bonds is 7. The molecule has 0 spiro atoms. The van der Waals surface area contributed by atoms with E-state index in [0.29, 0.717) is 18.9 Å². The normalized spacial score (nSPS) is 12.7. The molecule has 3 nitrogen and oxygen atoms in total. The van der Waals surface area contributed by atoms with E-state index in [1.54, 1.807) is 0 Å². The highest BCUT2D eigenvalue weighted by atomic mass is 16.5. The van der Waals surface area contributed by atoms with Crippen molar-refractivity contribution in [2.24, 2.45) is 5.92 Å². The van der Waals surface area contributed by atoms with Gasteiger partial charge >= 0.3 is 5.97 Å². The smallest absolute Gasteiger partial charge is 0.333 e. The lowest BCUT2D eigenvalue weighted by Crippen LogP contribution is -2.28. The molecule has 1 aromatic rings. The predicted octanol–water partition coefficient (Wildman–Crippen LogP) is 2.92. The Morgan fingerprint density at radius 1 is 1.22 bits per heavy atom. The standard InChI is InChI=1S/C15H22O3/c1-4-12-5-7-13(8-6-12)9-14(15(16)17)18-10-11(2)3/h5-8,11,14H,4,9-10H2,1-3H3,(H,16,17)/t14-/m1/s1. The summed E-state index contributed by atoms with van der Waals surface area (Å²) >= 11 is 0. The van der Waals surface area contributed by atoms with Crippen LogP contribution in [-0.4, -0.2) is 23.8 Å². The van der Waals surface area contributed by atoms with Crippen LogP contribution >= 0.6 is 0 Å². The highest BCUT2D eigenvalue weighted by molar-refractivity contribution is 5.72. The molecule has 1 N–H and O–H groups in total. The van der Waals surface area contributed by atoms with Gasteiger partial charge in [0.1, 0.15) is 0 Å². The zero-order valence-corrected chi connectivity index (χ0v) is 11.3. The monoisotopic (exact) mass is 250 g/mol. The Balaban J connectivity index is 2.61. The fourth-order valence-electron chi connectivity index (χ4n) is 1.65. The number of benzene rings is 1. The number of aryl methyl sites for hydroxylation is 1. The summed E-state index contributed by atoms with van der Waals surface area (Å²) in [7, 11) is 0. The minimum atomic E-state index is -0.893. The SMILES string of the molecule is CCc1ccc(C[C@@H](OCC(C)C)C(=O)O)cc1. The molecule has 3 heteroatoms. The first kappa shape index (κ1) is 14.7. The minimum Gasteiger partial charge on any atom is -0.479 e. The second kappa shape index (κ2) is 7.17. The lowest BCUT2D eigenvalue weighted by Gasteiger charge is -2.15. The molecule has 0 bridgehead atoms. The third kappa shape index (κ3) is 4.88. The third-order valence-corrected chi connectivity index (χ3v) is 2.76. The molecule has 0 aliphatic carbocycles. The lowest BCUT2D eigenvalue weighted by atomic mass is 10.0. The van der Waals surface area contributed by atoms with Crippen LogP contribution in [0.25, 0.3) is 0 Å². The molecule has 0 fully saturated rings. The predicted molar refractivity (Wildman–Crippen MR) is 71.7 cm³/mol. The van der Waals surface area contributed by atoms with Gasteiger partial charge in [0.25, 0.3) is 0 Å². The van der Waals surface area contributed by atoms with Gasteiger partial charge in [0, 0.05) is 6.42 Å². The van der Waals surface area contributed by atoms with Gasteiger partial charge in [0.15, 0.2) is 6.10 Å². The molecular formula is C15H22O3. The highest BCUT2D eigenvalue weighted by Gasteiger charge is 2.18. The molecule has 0 saturated carbocycles. The van der Waals surface area contributed by atoms with Gasteiger partial charge < -0.3 is 9.84 Å². The Hall–Kier alpha value is -1.35. The molecule has 0 aliphatic heterocycles. The van der Waals surface area contributed by atoms with Crippen molar-refractivity contribution in [2.75, 3.05) is 6.61 Å². The van der Waals surface area contributed by atoms with E-state index in [-0.39, 0.29) is 0 Å². The molecule has 1 atom stereocenters. The van der Waals surface area contributed by atoms with Gasteiger partial charge in [-0.15, -0.1) is 0 Å². The van der Waals surface area contributed by atoms with Gasteiger partial charge in [0.05, 0.1) is 6.61 Å². The van der Waals surface area contributed by atoms with E-state index in [4.69, 9.17) is 9.84 Å². The fraction of sp³-hybridized carbons (Fsp3) is 0.533. The fourth-order valence-corrected chi connectivity index (χ4v) is 1.65. The number of carboxylic acids is 1. The van der Waals surface area contributed by atoms with Crippen LogP contribution in [0.3, 0.4) is 0 Å². The van der Waals surface area contributed by atoms with Crippen molar-refractivity contribution in [3.05, 3.63) is 35.4 Å². The molecule has 0 aromatic heterocycles. The van der Waals surface area contributed by atoms with Crippen molar-refractivity contribution in [1.82, 2.24) is 0 Å². The average molecular weight is 250 g/mol. The van der Waals surface area contributed by atoms with Crippen LogP contribution in [0.4, 0.5) is 0 Å². The molecule has 0 radical (unpaired) electrons. The number of carboxylic acid groups (broad SMARTS) is 1. The van der Waals surface area contributed by atoms with Crippen molar-refractivity contribution in [3.63, 3.8) is 0 Å². The molecule has 100 valence electrons. The number of hydrogen-bond acceptors (Lipinski definition) is 2. The van der Waals surface area contributed by atoms with Gasteiger partial charge in [-0.1, -0.05) is 45.0 Å². The van der Waals surface area contributed by atoms with E-state index in [2.05, 4.69) is 6.92 Å². The van der Waals surface area contributed by atoms with Crippen LogP contribution in [0.15, 0.2) is 24.3 Å². The summed E-state index contributed by atoms with van der Waals surface area (Å²) in [6.45, 7) is 6.59.